The van der Waals surface area contributed by atoms with Crippen molar-refractivity contribution in [2.75, 3.05) is 0 Å². The predicted octanol–water partition coefficient (Wildman–Crippen LogP) is 4.43. The lowest BCUT2D eigenvalue weighted by molar-refractivity contribution is -0.121. The number of benzene rings is 1. The van der Waals surface area contributed by atoms with Gasteiger partial charge >= 0.3 is 0 Å². The van der Waals surface area contributed by atoms with Gasteiger partial charge in [0.15, 0.2) is 0 Å². The zero-order valence-electron chi connectivity index (χ0n) is 14.4. The van der Waals surface area contributed by atoms with E-state index >= 15 is 0 Å². The third-order valence-electron chi connectivity index (χ3n) is 5.79. The molecule has 2 saturated carbocycles. The quantitative estimate of drug-likeness (QED) is 0.859. The number of nitrogens with one attached hydrogen (secondary N) is 1. The van der Waals surface area contributed by atoms with Gasteiger partial charge in [0.2, 0.25) is 5.91 Å². The molecule has 5 heteroatoms. The van der Waals surface area contributed by atoms with Crippen LogP contribution in [0.2, 0.25) is 0 Å². The van der Waals surface area contributed by atoms with E-state index in [4.69, 9.17) is 0 Å². The Hall–Kier alpha value is -1.75. The molecule has 4 rings (SSSR count). The van der Waals surface area contributed by atoms with E-state index in [-0.39, 0.29) is 24.2 Å². The second-order valence-electron chi connectivity index (χ2n) is 7.53. The first-order valence-corrected chi connectivity index (χ1v) is 9.96. The third kappa shape index (κ3) is 3.61. The van der Waals surface area contributed by atoms with Crippen LogP contribution < -0.4 is 5.32 Å². The van der Waals surface area contributed by atoms with Crippen LogP contribution in [-0.2, 0) is 11.2 Å². The minimum Gasteiger partial charge on any atom is -0.353 e. The van der Waals surface area contributed by atoms with Crippen LogP contribution in [0.4, 0.5) is 4.39 Å². The Bertz CT molecular complexity index is 775. The Balaban J connectivity index is 1.35. The molecule has 1 heterocycles. The van der Waals surface area contributed by atoms with E-state index < -0.39 is 0 Å². The molecule has 0 spiro atoms. The molecule has 0 radical (unpaired) electrons. The van der Waals surface area contributed by atoms with Gasteiger partial charge in [-0.25, -0.2) is 9.37 Å². The van der Waals surface area contributed by atoms with Crippen molar-refractivity contribution >= 4 is 17.2 Å². The van der Waals surface area contributed by atoms with Crippen LogP contribution in [0.25, 0.3) is 10.6 Å². The largest absolute Gasteiger partial charge is 0.353 e. The summed E-state index contributed by atoms with van der Waals surface area (Å²) >= 11 is 1.45. The molecule has 1 amide bonds. The highest BCUT2D eigenvalue weighted by molar-refractivity contribution is 7.13. The van der Waals surface area contributed by atoms with Gasteiger partial charge in [0, 0.05) is 17.0 Å². The number of thiazole rings is 1. The first kappa shape index (κ1) is 16.7. The molecule has 2 bridgehead atoms. The molecule has 2 fully saturated rings. The number of hydrogen-bond donors (Lipinski definition) is 1. The lowest BCUT2D eigenvalue weighted by Crippen LogP contribution is -2.40. The molecule has 2 aromatic rings. The highest BCUT2D eigenvalue weighted by Crippen LogP contribution is 2.49. The van der Waals surface area contributed by atoms with E-state index in [1.165, 1.54) is 49.2 Å². The summed E-state index contributed by atoms with van der Waals surface area (Å²) in [5.41, 5.74) is 1.51. The van der Waals surface area contributed by atoms with Gasteiger partial charge in [-0.05, 0) is 56.1 Å². The van der Waals surface area contributed by atoms with Crippen molar-refractivity contribution in [3.05, 3.63) is 41.2 Å². The maximum absolute atomic E-state index is 13.3. The van der Waals surface area contributed by atoms with Crippen LogP contribution in [0.5, 0.6) is 0 Å². The van der Waals surface area contributed by atoms with Crippen LogP contribution in [0.15, 0.2) is 29.6 Å². The lowest BCUT2D eigenvalue weighted by atomic mass is 9.84. The van der Waals surface area contributed by atoms with Crippen molar-refractivity contribution in [2.45, 2.75) is 45.1 Å². The van der Waals surface area contributed by atoms with Crippen molar-refractivity contribution in [1.29, 1.82) is 0 Å². The average Bonchev–Trinajstić information content (AvgIpc) is 3.31. The fourth-order valence-electron chi connectivity index (χ4n) is 4.63. The van der Waals surface area contributed by atoms with Crippen molar-refractivity contribution < 1.29 is 9.18 Å². The number of carbonyl (C=O) groups is 1. The van der Waals surface area contributed by atoms with E-state index in [1.807, 2.05) is 11.4 Å². The molecule has 4 atom stereocenters. The molecular weight excluding hydrogens is 335 g/mol. The maximum atomic E-state index is 13.3. The molecule has 1 aromatic carbocycles. The molecule has 0 aliphatic heterocycles. The number of amides is 1. The molecule has 0 unspecified atom stereocenters. The molecule has 132 valence electrons. The summed E-state index contributed by atoms with van der Waals surface area (Å²) in [5.74, 6) is 2.10. The normalized spacial score (nSPS) is 25.9. The van der Waals surface area contributed by atoms with Crippen molar-refractivity contribution in [3.63, 3.8) is 0 Å². The Kier molecular flexibility index (Phi) is 4.59. The summed E-state index contributed by atoms with van der Waals surface area (Å²) in [6.07, 6.45) is 5.62. The fraction of sp³-hybridized carbons (Fsp3) is 0.500. The second kappa shape index (κ2) is 6.87. The molecule has 2 aliphatic rings. The number of carbonyl (C=O) groups excluding carboxylic acids is 1. The van der Waals surface area contributed by atoms with Crippen LogP contribution in [-0.4, -0.2) is 16.9 Å². The predicted molar refractivity (Wildman–Crippen MR) is 97.8 cm³/mol. The highest BCUT2D eigenvalue weighted by atomic mass is 32.1. The van der Waals surface area contributed by atoms with Crippen LogP contribution in [0.1, 0.15) is 38.3 Å². The highest BCUT2D eigenvalue weighted by Gasteiger charge is 2.42. The van der Waals surface area contributed by atoms with Gasteiger partial charge in [0.1, 0.15) is 10.8 Å². The second-order valence-corrected chi connectivity index (χ2v) is 8.38. The van der Waals surface area contributed by atoms with Gasteiger partial charge in [0.25, 0.3) is 0 Å². The Morgan fingerprint density at radius 2 is 2.28 bits per heavy atom. The summed E-state index contributed by atoms with van der Waals surface area (Å²) in [6.45, 7) is 2.14. The third-order valence-corrected chi connectivity index (χ3v) is 6.73. The van der Waals surface area contributed by atoms with Gasteiger partial charge in [-0.2, -0.15) is 0 Å². The minimum atomic E-state index is -0.272. The molecule has 25 heavy (non-hydrogen) atoms. The van der Waals surface area contributed by atoms with Crippen molar-refractivity contribution in [1.82, 2.24) is 10.3 Å². The van der Waals surface area contributed by atoms with E-state index in [2.05, 4.69) is 17.2 Å². The van der Waals surface area contributed by atoms with Gasteiger partial charge < -0.3 is 5.32 Å². The van der Waals surface area contributed by atoms with E-state index in [9.17, 15) is 9.18 Å². The topological polar surface area (TPSA) is 42.0 Å². The molecule has 1 aromatic heterocycles. The number of rotatable bonds is 5. The molecular formula is C20H23FN2OS. The number of nitrogens with zero attached hydrogens (tertiary/aromatic N) is 1. The molecule has 1 N–H and O–H groups in total. The number of aromatic nitrogens is 1. The van der Waals surface area contributed by atoms with Crippen molar-refractivity contribution in [2.24, 2.45) is 17.8 Å². The minimum absolute atomic E-state index is 0.0337. The van der Waals surface area contributed by atoms with E-state index in [1.54, 1.807) is 6.07 Å². The number of halogens is 1. The summed E-state index contributed by atoms with van der Waals surface area (Å²) in [6, 6.07) is 6.64. The van der Waals surface area contributed by atoms with Gasteiger partial charge in [-0.1, -0.05) is 18.6 Å². The molecule has 0 saturated heterocycles. The first-order valence-electron chi connectivity index (χ1n) is 9.08. The first-order chi connectivity index (χ1) is 12.1. The van der Waals surface area contributed by atoms with Crippen LogP contribution in [0.3, 0.4) is 0 Å². The maximum Gasteiger partial charge on any atom is 0.226 e. The number of fused-ring (bicyclic) bond motifs is 2. The average molecular weight is 358 g/mol. The van der Waals surface area contributed by atoms with Gasteiger partial charge in [-0.3, -0.25) is 4.79 Å². The van der Waals surface area contributed by atoms with Crippen molar-refractivity contribution in [3.8, 4) is 10.6 Å². The van der Waals surface area contributed by atoms with E-state index in [0.717, 1.165) is 28.1 Å². The van der Waals surface area contributed by atoms with Gasteiger partial charge in [-0.15, -0.1) is 11.3 Å². The summed E-state index contributed by atoms with van der Waals surface area (Å²) in [5, 5.41) is 5.82. The summed E-state index contributed by atoms with van der Waals surface area (Å²) < 4.78 is 13.3. The Labute approximate surface area is 151 Å². The van der Waals surface area contributed by atoms with Crippen LogP contribution in [0, 0.1) is 23.6 Å². The lowest BCUT2D eigenvalue weighted by Gasteiger charge is -2.28. The summed E-state index contributed by atoms with van der Waals surface area (Å²) in [4.78, 5) is 16.9. The fourth-order valence-corrected chi connectivity index (χ4v) is 5.44. The SMILES string of the molecule is C[C@H](NC(=O)Cc1csc(-c2cccc(F)c2)n1)[C@H]1C[C@H]2CC[C@H]1C2. The standard InChI is InChI=1S/C20H23FN2OS/c1-12(18-8-13-5-6-14(18)7-13)22-19(24)10-17-11-25-20(23-17)15-3-2-4-16(21)9-15/h2-4,9,11-14,18H,5-8,10H2,1H3,(H,22,24)/t12-,13-,14-,18+/m0/s1. The molecule has 2 aliphatic carbocycles. The monoisotopic (exact) mass is 358 g/mol. The number of hydrogen-bond acceptors (Lipinski definition) is 3. The zero-order chi connectivity index (χ0) is 17.4. The van der Waals surface area contributed by atoms with Crippen LogP contribution >= 0.6 is 11.3 Å². The Morgan fingerprint density at radius 1 is 1.40 bits per heavy atom. The summed E-state index contributed by atoms with van der Waals surface area (Å²) in [7, 11) is 0. The zero-order valence-corrected chi connectivity index (χ0v) is 15.2. The van der Waals surface area contributed by atoms with Gasteiger partial charge in [0.05, 0.1) is 12.1 Å². The molecule has 3 nitrogen and oxygen atoms in total. The van der Waals surface area contributed by atoms with E-state index in [0.29, 0.717) is 5.92 Å². The smallest absolute Gasteiger partial charge is 0.226 e. The Morgan fingerprint density at radius 3 is 3.00 bits per heavy atom.